The topological polar surface area (TPSA) is 96.3 Å². The van der Waals surface area contributed by atoms with Gasteiger partial charge in [-0.3, -0.25) is 9.59 Å². The number of nitrogens with zero attached hydrogens (tertiary/aromatic N) is 1. The maximum absolute atomic E-state index is 14.2. The zero-order valence-electron chi connectivity index (χ0n) is 23.5. The van der Waals surface area contributed by atoms with Gasteiger partial charge in [0.15, 0.2) is 11.6 Å². The third-order valence-electron chi connectivity index (χ3n) is 11.6. The van der Waals surface area contributed by atoms with Gasteiger partial charge >= 0.3 is 6.09 Å². The Morgan fingerprint density at radius 1 is 1.03 bits per heavy atom. The van der Waals surface area contributed by atoms with Crippen LogP contribution in [0.1, 0.15) is 86.5 Å². The van der Waals surface area contributed by atoms with Crippen molar-refractivity contribution in [1.29, 1.82) is 5.26 Å². The van der Waals surface area contributed by atoms with E-state index in [0.29, 0.717) is 0 Å². The van der Waals surface area contributed by atoms with Crippen LogP contribution < -0.4 is 5.32 Å². The molecule has 0 heterocycles. The predicted molar refractivity (Wildman–Crippen MR) is 140 cm³/mol. The number of fused-ring (bicyclic) bond motifs is 7. The summed E-state index contributed by atoms with van der Waals surface area (Å²) in [5.74, 6) is 0.185. The molecule has 0 saturated heterocycles. The third-order valence-corrected chi connectivity index (χ3v) is 11.6. The van der Waals surface area contributed by atoms with Gasteiger partial charge in [-0.1, -0.05) is 53.2 Å². The first-order valence-corrected chi connectivity index (χ1v) is 14.0. The van der Waals surface area contributed by atoms with E-state index < -0.39 is 22.5 Å². The van der Waals surface area contributed by atoms with Crippen LogP contribution in [0.4, 0.5) is 4.79 Å². The number of ether oxygens (including phenoxy) is 1. The summed E-state index contributed by atoms with van der Waals surface area (Å²) in [7, 11) is 1.40. The van der Waals surface area contributed by atoms with Crippen molar-refractivity contribution in [2.75, 3.05) is 7.11 Å². The molecule has 5 aliphatic carbocycles. The number of methoxy groups -OCH3 is 1. The summed E-state index contributed by atoms with van der Waals surface area (Å²) in [6.07, 6.45) is 9.64. The summed E-state index contributed by atoms with van der Waals surface area (Å²) in [5.41, 5.74) is -0.356. The number of nitriles is 1. The van der Waals surface area contributed by atoms with Crippen LogP contribution in [0.5, 0.6) is 0 Å². The van der Waals surface area contributed by atoms with Crippen LogP contribution >= 0.6 is 0 Å². The highest BCUT2D eigenvalue weighted by Gasteiger charge is 2.66. The van der Waals surface area contributed by atoms with E-state index >= 15 is 0 Å². The fraction of sp³-hybridized carbons (Fsp3) is 0.742. The van der Waals surface area contributed by atoms with Crippen molar-refractivity contribution in [2.45, 2.75) is 92.0 Å². The van der Waals surface area contributed by atoms with E-state index in [1.54, 1.807) is 0 Å². The highest BCUT2D eigenvalue weighted by molar-refractivity contribution is 6.04. The van der Waals surface area contributed by atoms with Gasteiger partial charge in [-0.25, -0.2) is 4.79 Å². The van der Waals surface area contributed by atoms with Crippen LogP contribution in [0, 0.1) is 56.7 Å². The molecule has 6 nitrogen and oxygen atoms in total. The number of carbonyl (C=O) groups is 3. The first-order valence-electron chi connectivity index (χ1n) is 14.0. The minimum Gasteiger partial charge on any atom is -0.453 e. The van der Waals surface area contributed by atoms with Crippen molar-refractivity contribution >= 4 is 17.7 Å². The van der Waals surface area contributed by atoms with Gasteiger partial charge in [0.05, 0.1) is 12.7 Å². The van der Waals surface area contributed by atoms with E-state index in [2.05, 4.69) is 39.1 Å². The Morgan fingerprint density at radius 2 is 1.73 bits per heavy atom. The molecule has 1 amide bonds. The van der Waals surface area contributed by atoms with Gasteiger partial charge in [0, 0.05) is 22.3 Å². The zero-order chi connectivity index (χ0) is 27.2. The molecule has 0 aliphatic heterocycles. The Labute approximate surface area is 221 Å². The lowest BCUT2D eigenvalue weighted by atomic mass is 9.39. The van der Waals surface area contributed by atoms with Crippen molar-refractivity contribution in [3.05, 3.63) is 23.3 Å². The van der Waals surface area contributed by atoms with Gasteiger partial charge in [-0.05, 0) is 79.6 Å². The second-order valence-corrected chi connectivity index (χ2v) is 14.4. The number of nitrogens with one attached hydrogen (secondary N) is 1. The smallest absolute Gasteiger partial charge is 0.407 e. The predicted octanol–water partition coefficient (Wildman–Crippen LogP) is 5.92. The molecule has 5 aliphatic rings. The number of amides is 1. The highest BCUT2D eigenvalue weighted by atomic mass is 16.5. The van der Waals surface area contributed by atoms with E-state index in [-0.39, 0.29) is 51.6 Å². The SMILES string of the molecule is COC(=O)N[C@@]12CCC3C(C(=O)C=C4[C@@]5(C)C=C(C#N)C(=O)C(C)(C)C5CC[C@]43C)C1CC(C)(C)CC2. The molecule has 200 valence electrons. The van der Waals surface area contributed by atoms with Gasteiger partial charge in [0.1, 0.15) is 6.07 Å². The fourth-order valence-corrected chi connectivity index (χ4v) is 9.75. The molecule has 0 aromatic heterocycles. The Bertz CT molecular complexity index is 1170. The van der Waals surface area contributed by atoms with Gasteiger partial charge in [0.2, 0.25) is 0 Å². The molecule has 3 fully saturated rings. The summed E-state index contributed by atoms with van der Waals surface area (Å²) in [5, 5.41) is 13.1. The summed E-state index contributed by atoms with van der Waals surface area (Å²) in [4.78, 5) is 39.8. The second kappa shape index (κ2) is 8.04. The van der Waals surface area contributed by atoms with Crippen LogP contribution in [0.25, 0.3) is 0 Å². The lowest BCUT2D eigenvalue weighted by Crippen LogP contribution is -2.66. The van der Waals surface area contributed by atoms with Crippen molar-refractivity contribution in [3.63, 3.8) is 0 Å². The summed E-state index contributed by atoms with van der Waals surface area (Å²) in [6.45, 7) is 13.0. The first kappa shape index (κ1) is 26.2. The Hall–Kier alpha value is -2.42. The Balaban J connectivity index is 1.63. The number of hydrogen-bond acceptors (Lipinski definition) is 5. The van der Waals surface area contributed by atoms with Crippen LogP contribution in [0.3, 0.4) is 0 Å². The monoisotopic (exact) mass is 506 g/mol. The average molecular weight is 507 g/mol. The fourth-order valence-electron chi connectivity index (χ4n) is 9.75. The minimum absolute atomic E-state index is 0.0468. The summed E-state index contributed by atoms with van der Waals surface area (Å²) >= 11 is 0. The van der Waals surface area contributed by atoms with E-state index in [9.17, 15) is 19.6 Å². The molecule has 0 spiro atoms. The zero-order valence-corrected chi connectivity index (χ0v) is 23.5. The van der Waals surface area contributed by atoms with Crippen LogP contribution in [-0.2, 0) is 14.3 Å². The van der Waals surface area contributed by atoms with Gasteiger partial charge in [0.25, 0.3) is 0 Å². The van der Waals surface area contributed by atoms with Crippen LogP contribution in [-0.4, -0.2) is 30.3 Å². The van der Waals surface area contributed by atoms with Crippen LogP contribution in [0.2, 0.25) is 0 Å². The van der Waals surface area contributed by atoms with E-state index in [0.717, 1.165) is 50.5 Å². The van der Waals surface area contributed by atoms with E-state index in [4.69, 9.17) is 4.74 Å². The van der Waals surface area contributed by atoms with Gasteiger partial charge < -0.3 is 10.1 Å². The van der Waals surface area contributed by atoms with Crippen molar-refractivity contribution in [2.24, 2.45) is 45.3 Å². The number of hydrogen-bond donors (Lipinski definition) is 1. The molecule has 0 bridgehead atoms. The van der Waals surface area contributed by atoms with Gasteiger partial charge in [-0.2, -0.15) is 5.26 Å². The summed E-state index contributed by atoms with van der Waals surface area (Å²) < 4.78 is 5.03. The van der Waals surface area contributed by atoms with E-state index in [1.807, 2.05) is 26.0 Å². The Morgan fingerprint density at radius 3 is 2.38 bits per heavy atom. The molecule has 4 unspecified atom stereocenters. The molecule has 6 heteroatoms. The average Bonchev–Trinajstić information content (AvgIpc) is 2.82. The lowest BCUT2D eigenvalue weighted by Gasteiger charge is -2.65. The molecule has 5 rings (SSSR count). The number of rotatable bonds is 1. The molecule has 37 heavy (non-hydrogen) atoms. The third kappa shape index (κ3) is 3.52. The normalized spacial score (nSPS) is 43.5. The largest absolute Gasteiger partial charge is 0.453 e. The number of alkyl carbamates (subject to hydrolysis) is 1. The number of allylic oxidation sites excluding steroid dienone is 4. The van der Waals surface area contributed by atoms with Crippen molar-refractivity contribution < 1.29 is 19.1 Å². The molecule has 7 atom stereocenters. The molecule has 1 N–H and O–H groups in total. The number of carbonyl (C=O) groups excluding carboxylic acids is 3. The Kier molecular flexibility index (Phi) is 5.69. The molecule has 3 saturated carbocycles. The summed E-state index contributed by atoms with van der Waals surface area (Å²) in [6, 6.07) is 2.17. The van der Waals surface area contributed by atoms with Gasteiger partial charge in [-0.15, -0.1) is 0 Å². The van der Waals surface area contributed by atoms with Crippen molar-refractivity contribution in [3.8, 4) is 6.07 Å². The first-order chi connectivity index (χ1) is 17.1. The minimum atomic E-state index is -0.657. The van der Waals surface area contributed by atoms with Crippen LogP contribution in [0.15, 0.2) is 23.3 Å². The number of ketones is 2. The molecule has 0 radical (unpaired) electrons. The second-order valence-electron chi connectivity index (χ2n) is 14.4. The molecule has 0 aromatic rings. The maximum atomic E-state index is 14.2. The number of Topliss-reactive ketones (excluding diaryl/α,β-unsaturated/α-hetero) is 1. The standard InChI is InChI=1S/C31H42N2O4/c1-27(2)12-13-31(33-26(36)37-7)11-8-19-24(20(31)16-27)21(34)14-23-29(19,5)10-9-22-28(3,4)25(35)18(17-32)15-30(22,23)6/h14-15,19-20,22,24H,8-13,16H2,1-7H3,(H,33,36)/t19?,20?,22?,24?,29-,30-,31+/m0/s1. The quantitative estimate of drug-likeness (QED) is 0.476. The molecular formula is C31H42N2O4. The lowest BCUT2D eigenvalue weighted by molar-refractivity contribution is -0.141. The highest BCUT2D eigenvalue weighted by Crippen LogP contribution is 2.69. The maximum Gasteiger partial charge on any atom is 0.407 e. The van der Waals surface area contributed by atoms with Crippen molar-refractivity contribution in [1.82, 2.24) is 5.32 Å². The molecular weight excluding hydrogens is 464 g/mol. The molecule has 0 aromatic carbocycles. The van der Waals surface area contributed by atoms with E-state index in [1.165, 1.54) is 7.11 Å².